The fourth-order valence-electron chi connectivity index (χ4n) is 1.84. The van der Waals surface area contributed by atoms with E-state index in [-0.39, 0.29) is 5.91 Å². The molecule has 2 heterocycles. The zero-order chi connectivity index (χ0) is 11.5. The fourth-order valence-corrected chi connectivity index (χ4v) is 2.79. The highest BCUT2D eigenvalue weighted by atomic mass is 79.9. The van der Waals surface area contributed by atoms with Crippen molar-refractivity contribution in [3.63, 3.8) is 0 Å². The Bertz CT molecular complexity index is 397. The van der Waals surface area contributed by atoms with Gasteiger partial charge in [-0.05, 0) is 40.4 Å². The van der Waals surface area contributed by atoms with Crippen LogP contribution >= 0.6 is 31.9 Å². The Balaban J connectivity index is 2.12. The number of halogens is 2. The van der Waals surface area contributed by atoms with Gasteiger partial charge in [0.2, 0.25) is 0 Å². The molecule has 0 aromatic carbocycles. The zero-order valence-electron chi connectivity index (χ0n) is 8.70. The van der Waals surface area contributed by atoms with Gasteiger partial charge in [0.25, 0.3) is 5.91 Å². The number of aromatic nitrogens is 1. The molecule has 1 aromatic heterocycles. The molecule has 0 N–H and O–H groups in total. The van der Waals surface area contributed by atoms with E-state index in [1.807, 2.05) is 17.0 Å². The van der Waals surface area contributed by atoms with E-state index in [1.165, 1.54) is 0 Å². The van der Waals surface area contributed by atoms with Crippen LogP contribution < -0.4 is 0 Å². The quantitative estimate of drug-likeness (QED) is 0.770. The van der Waals surface area contributed by atoms with Crippen molar-refractivity contribution >= 4 is 37.8 Å². The van der Waals surface area contributed by atoms with Crippen LogP contribution in [0.5, 0.6) is 0 Å². The monoisotopic (exact) mass is 346 g/mol. The molecule has 0 aliphatic carbocycles. The number of nitrogens with zero attached hydrogens (tertiary/aromatic N) is 2. The average Bonchev–Trinajstić information content (AvgIpc) is 2.77. The maximum atomic E-state index is 12.1. The van der Waals surface area contributed by atoms with Crippen LogP contribution in [0.3, 0.4) is 0 Å². The molecule has 1 unspecified atom stereocenters. The van der Waals surface area contributed by atoms with E-state index in [0.717, 1.165) is 29.3 Å². The molecule has 0 spiro atoms. The summed E-state index contributed by atoms with van der Waals surface area (Å²) in [5.74, 6) is 0.599. The normalized spacial score (nSPS) is 20.1. The van der Waals surface area contributed by atoms with Gasteiger partial charge in [-0.3, -0.25) is 4.79 Å². The van der Waals surface area contributed by atoms with Crippen LogP contribution in [0.2, 0.25) is 0 Å². The van der Waals surface area contributed by atoms with E-state index >= 15 is 0 Å². The van der Waals surface area contributed by atoms with E-state index in [2.05, 4.69) is 36.8 Å². The molecule has 3 nitrogen and oxygen atoms in total. The van der Waals surface area contributed by atoms with Crippen molar-refractivity contribution < 1.29 is 4.79 Å². The molecule has 1 atom stereocenters. The van der Waals surface area contributed by atoms with Crippen LogP contribution in [-0.4, -0.2) is 34.2 Å². The smallest absolute Gasteiger partial charge is 0.273 e. The standard InChI is InChI=1S/C11H12Br2N2O/c12-6-8-3-5-15(7-8)11(16)10-9(13)2-1-4-14-10/h1-2,4,8H,3,5-7H2. The lowest BCUT2D eigenvalue weighted by Gasteiger charge is -2.16. The number of carbonyl (C=O) groups is 1. The molecule has 1 aliphatic heterocycles. The predicted octanol–water partition coefficient (Wildman–Crippen LogP) is 2.70. The Morgan fingerprint density at radius 3 is 3.06 bits per heavy atom. The number of pyridine rings is 1. The molecule has 1 amide bonds. The number of rotatable bonds is 2. The first kappa shape index (κ1) is 12.0. The zero-order valence-corrected chi connectivity index (χ0v) is 11.9. The molecule has 2 rings (SSSR count). The Labute approximate surface area is 111 Å². The largest absolute Gasteiger partial charge is 0.337 e. The third-order valence-corrected chi connectivity index (χ3v) is 4.31. The summed E-state index contributed by atoms with van der Waals surface area (Å²) < 4.78 is 0.766. The maximum absolute atomic E-state index is 12.1. The van der Waals surface area contributed by atoms with Crippen molar-refractivity contribution in [3.8, 4) is 0 Å². The van der Waals surface area contributed by atoms with Gasteiger partial charge in [0.15, 0.2) is 0 Å². The molecular formula is C11H12Br2N2O. The molecular weight excluding hydrogens is 336 g/mol. The van der Waals surface area contributed by atoms with E-state index in [9.17, 15) is 4.79 Å². The van der Waals surface area contributed by atoms with Gasteiger partial charge in [0.1, 0.15) is 5.69 Å². The molecule has 0 radical (unpaired) electrons. The molecule has 16 heavy (non-hydrogen) atoms. The van der Waals surface area contributed by atoms with Crippen molar-refractivity contribution in [2.24, 2.45) is 5.92 Å². The van der Waals surface area contributed by atoms with Crippen LogP contribution in [0, 0.1) is 5.92 Å². The van der Waals surface area contributed by atoms with Gasteiger partial charge in [-0.2, -0.15) is 0 Å². The van der Waals surface area contributed by atoms with Gasteiger partial charge < -0.3 is 4.90 Å². The van der Waals surface area contributed by atoms with Crippen molar-refractivity contribution in [1.29, 1.82) is 0 Å². The highest BCUT2D eigenvalue weighted by molar-refractivity contribution is 9.10. The van der Waals surface area contributed by atoms with Crippen molar-refractivity contribution in [1.82, 2.24) is 9.88 Å². The van der Waals surface area contributed by atoms with Crippen LogP contribution in [0.4, 0.5) is 0 Å². The molecule has 1 saturated heterocycles. The summed E-state index contributed by atoms with van der Waals surface area (Å²) in [6, 6.07) is 3.66. The number of carbonyl (C=O) groups excluding carboxylic acids is 1. The summed E-state index contributed by atoms with van der Waals surface area (Å²) in [4.78, 5) is 18.1. The highest BCUT2D eigenvalue weighted by Crippen LogP contribution is 2.22. The minimum atomic E-state index is 0.0240. The summed E-state index contributed by atoms with van der Waals surface area (Å²) in [5.41, 5.74) is 0.512. The summed E-state index contributed by atoms with van der Waals surface area (Å²) in [5, 5.41) is 0.958. The second-order valence-electron chi connectivity index (χ2n) is 3.89. The van der Waals surface area contributed by atoms with Gasteiger partial charge in [0, 0.05) is 29.1 Å². The van der Waals surface area contributed by atoms with Crippen LogP contribution in [0.25, 0.3) is 0 Å². The third-order valence-electron chi connectivity index (χ3n) is 2.75. The first-order valence-electron chi connectivity index (χ1n) is 5.18. The Morgan fingerprint density at radius 2 is 2.44 bits per heavy atom. The van der Waals surface area contributed by atoms with E-state index in [4.69, 9.17) is 0 Å². The highest BCUT2D eigenvalue weighted by Gasteiger charge is 2.27. The van der Waals surface area contributed by atoms with E-state index < -0.39 is 0 Å². The second-order valence-corrected chi connectivity index (χ2v) is 5.40. The van der Waals surface area contributed by atoms with Gasteiger partial charge in [0.05, 0.1) is 0 Å². The minimum Gasteiger partial charge on any atom is -0.337 e. The lowest BCUT2D eigenvalue weighted by Crippen LogP contribution is -2.29. The summed E-state index contributed by atoms with van der Waals surface area (Å²) in [7, 11) is 0. The van der Waals surface area contributed by atoms with Crippen molar-refractivity contribution in [2.75, 3.05) is 18.4 Å². The van der Waals surface area contributed by atoms with E-state index in [1.54, 1.807) is 6.20 Å². The number of alkyl halides is 1. The summed E-state index contributed by atoms with van der Waals surface area (Å²) in [6.45, 7) is 1.66. The van der Waals surface area contributed by atoms with Gasteiger partial charge >= 0.3 is 0 Å². The average molecular weight is 348 g/mol. The number of hydrogen-bond acceptors (Lipinski definition) is 2. The van der Waals surface area contributed by atoms with Gasteiger partial charge in [-0.25, -0.2) is 4.98 Å². The predicted molar refractivity (Wildman–Crippen MR) is 69.7 cm³/mol. The lowest BCUT2D eigenvalue weighted by atomic mass is 10.2. The second kappa shape index (κ2) is 5.27. The third kappa shape index (κ3) is 2.46. The van der Waals surface area contributed by atoms with Crippen molar-refractivity contribution in [3.05, 3.63) is 28.5 Å². The SMILES string of the molecule is O=C(c1ncccc1Br)N1CCC(CBr)C1. The summed E-state index contributed by atoms with van der Waals surface area (Å²) in [6.07, 6.45) is 2.72. The topological polar surface area (TPSA) is 33.2 Å². The molecule has 0 saturated carbocycles. The first-order chi connectivity index (χ1) is 7.72. The Morgan fingerprint density at radius 1 is 1.62 bits per heavy atom. The minimum absolute atomic E-state index is 0.0240. The molecule has 86 valence electrons. The van der Waals surface area contributed by atoms with E-state index in [0.29, 0.717) is 11.6 Å². The fraction of sp³-hybridized carbons (Fsp3) is 0.455. The first-order valence-corrected chi connectivity index (χ1v) is 7.09. The molecule has 1 aromatic rings. The summed E-state index contributed by atoms with van der Waals surface area (Å²) >= 11 is 6.82. The number of likely N-dealkylation sites (tertiary alicyclic amines) is 1. The van der Waals surface area contributed by atoms with Gasteiger partial charge in [-0.15, -0.1) is 0 Å². The number of amides is 1. The molecule has 5 heteroatoms. The molecule has 0 bridgehead atoms. The molecule has 1 fully saturated rings. The van der Waals surface area contributed by atoms with Crippen molar-refractivity contribution in [2.45, 2.75) is 6.42 Å². The van der Waals surface area contributed by atoms with Crippen LogP contribution in [0.15, 0.2) is 22.8 Å². The lowest BCUT2D eigenvalue weighted by molar-refractivity contribution is 0.0781. The van der Waals surface area contributed by atoms with Gasteiger partial charge in [-0.1, -0.05) is 15.9 Å². The maximum Gasteiger partial charge on any atom is 0.273 e. The molecule has 1 aliphatic rings. The van der Waals surface area contributed by atoms with Crippen LogP contribution in [0.1, 0.15) is 16.9 Å². The van der Waals surface area contributed by atoms with Crippen LogP contribution in [-0.2, 0) is 0 Å². The Hall–Kier alpha value is -0.420. The number of hydrogen-bond donors (Lipinski definition) is 0. The Kier molecular flexibility index (Phi) is 3.97.